The van der Waals surface area contributed by atoms with E-state index in [4.69, 9.17) is 16.3 Å². The van der Waals surface area contributed by atoms with Crippen LogP contribution in [-0.4, -0.2) is 21.7 Å². The Kier molecular flexibility index (Phi) is 4.20. The van der Waals surface area contributed by atoms with Gasteiger partial charge in [0.25, 0.3) is 0 Å². The number of amides is 1. The molecule has 124 valence electrons. The predicted octanol–water partition coefficient (Wildman–Crippen LogP) is 5.23. The van der Waals surface area contributed by atoms with Gasteiger partial charge >= 0.3 is 6.09 Å². The third-order valence-electron chi connectivity index (χ3n) is 3.28. The first-order valence-corrected chi connectivity index (χ1v) is 7.95. The van der Waals surface area contributed by atoms with Crippen molar-refractivity contribution in [1.29, 1.82) is 0 Å². The molecule has 3 aromatic rings. The quantitative estimate of drug-likeness (QED) is 0.669. The minimum atomic E-state index is -0.581. The van der Waals surface area contributed by atoms with E-state index in [1.54, 1.807) is 18.2 Å². The van der Waals surface area contributed by atoms with Gasteiger partial charge < -0.3 is 9.72 Å². The highest BCUT2D eigenvalue weighted by Gasteiger charge is 2.19. The lowest BCUT2D eigenvalue weighted by molar-refractivity contribution is 0.0636. The number of nitrogens with zero attached hydrogens (tertiary/aromatic N) is 1. The Balaban J connectivity index is 2.00. The lowest BCUT2D eigenvalue weighted by atomic mass is 10.1. The average Bonchev–Trinajstić information content (AvgIpc) is 2.88. The number of aromatic amines is 1. The van der Waals surface area contributed by atoms with Gasteiger partial charge in [0.1, 0.15) is 11.4 Å². The number of carbonyl (C=O) groups is 1. The largest absolute Gasteiger partial charge is 0.444 e. The molecule has 0 aliphatic carbocycles. The van der Waals surface area contributed by atoms with E-state index in [0.29, 0.717) is 22.1 Å². The van der Waals surface area contributed by atoms with Crippen LogP contribution in [0.2, 0.25) is 5.02 Å². The van der Waals surface area contributed by atoms with Crippen LogP contribution in [0.4, 0.5) is 10.5 Å². The summed E-state index contributed by atoms with van der Waals surface area (Å²) in [6.45, 7) is 5.43. The molecule has 0 atom stereocenters. The van der Waals surface area contributed by atoms with Crippen LogP contribution in [0.25, 0.3) is 22.4 Å². The number of H-pyrrole nitrogens is 1. The van der Waals surface area contributed by atoms with Crippen LogP contribution >= 0.6 is 11.6 Å². The Morgan fingerprint density at radius 2 is 1.92 bits per heavy atom. The maximum Gasteiger partial charge on any atom is 0.412 e. The third-order valence-corrected chi connectivity index (χ3v) is 3.59. The fraction of sp³-hybridized carbons (Fsp3) is 0.222. The first kappa shape index (κ1) is 16.3. The van der Waals surface area contributed by atoms with Crippen molar-refractivity contribution >= 4 is 34.4 Å². The fourth-order valence-corrected chi connectivity index (χ4v) is 2.62. The van der Waals surface area contributed by atoms with Gasteiger partial charge in [-0.1, -0.05) is 29.8 Å². The predicted molar refractivity (Wildman–Crippen MR) is 96.4 cm³/mol. The molecule has 2 N–H and O–H groups in total. The van der Waals surface area contributed by atoms with E-state index in [0.717, 1.165) is 11.0 Å². The van der Waals surface area contributed by atoms with E-state index in [9.17, 15) is 4.79 Å². The molecule has 0 fully saturated rings. The second-order valence-electron chi connectivity index (χ2n) is 6.39. The molecular formula is C18H18ClN3O2. The Morgan fingerprint density at radius 1 is 1.17 bits per heavy atom. The number of para-hydroxylation sites is 2. The highest BCUT2D eigenvalue weighted by Crippen LogP contribution is 2.34. The molecule has 0 radical (unpaired) electrons. The number of hydrogen-bond acceptors (Lipinski definition) is 3. The van der Waals surface area contributed by atoms with Crippen molar-refractivity contribution in [1.82, 2.24) is 9.97 Å². The second-order valence-corrected chi connectivity index (χ2v) is 6.80. The first-order chi connectivity index (χ1) is 11.3. The van der Waals surface area contributed by atoms with E-state index in [1.807, 2.05) is 45.0 Å². The smallest absolute Gasteiger partial charge is 0.412 e. The molecule has 0 saturated carbocycles. The average molecular weight is 344 g/mol. The van der Waals surface area contributed by atoms with Gasteiger partial charge in [0.15, 0.2) is 0 Å². The number of hydrogen-bond donors (Lipinski definition) is 2. The van der Waals surface area contributed by atoms with Crippen molar-refractivity contribution in [3.05, 3.63) is 47.5 Å². The van der Waals surface area contributed by atoms with Crippen LogP contribution in [0.15, 0.2) is 42.5 Å². The number of fused-ring (bicyclic) bond motifs is 1. The summed E-state index contributed by atoms with van der Waals surface area (Å²) in [7, 11) is 0. The number of rotatable bonds is 2. The molecule has 0 aliphatic rings. The van der Waals surface area contributed by atoms with Gasteiger partial charge in [0.05, 0.1) is 27.3 Å². The van der Waals surface area contributed by atoms with Crippen molar-refractivity contribution < 1.29 is 9.53 Å². The summed E-state index contributed by atoms with van der Waals surface area (Å²) >= 11 is 6.36. The second kappa shape index (κ2) is 6.17. The molecule has 0 saturated heterocycles. The minimum Gasteiger partial charge on any atom is -0.444 e. The maximum atomic E-state index is 12.1. The zero-order valence-corrected chi connectivity index (χ0v) is 14.4. The van der Waals surface area contributed by atoms with Gasteiger partial charge in [-0.3, -0.25) is 5.32 Å². The van der Waals surface area contributed by atoms with Crippen LogP contribution in [0, 0.1) is 0 Å². The standard InChI is InChI=1S/C18H18ClN3O2/c1-18(2,3)24-17(23)22-14-10-6-7-11(19)15(14)16-20-12-8-4-5-9-13(12)21-16/h4-10H,1-3H3,(H,20,21)(H,22,23). The topological polar surface area (TPSA) is 67.0 Å². The number of carbonyl (C=O) groups excluding carboxylic acids is 1. The molecule has 0 bridgehead atoms. The number of benzene rings is 2. The SMILES string of the molecule is CC(C)(C)OC(=O)Nc1cccc(Cl)c1-c1nc2ccccc2[nH]1. The number of ether oxygens (including phenoxy) is 1. The summed E-state index contributed by atoms with van der Waals surface area (Å²) in [6.07, 6.45) is -0.540. The molecule has 1 heterocycles. The number of imidazole rings is 1. The molecule has 2 aromatic carbocycles. The summed E-state index contributed by atoms with van der Waals surface area (Å²) < 4.78 is 5.31. The molecule has 0 unspecified atom stereocenters. The zero-order chi connectivity index (χ0) is 17.3. The summed E-state index contributed by atoms with van der Waals surface area (Å²) in [5.41, 5.74) is 2.31. The molecule has 24 heavy (non-hydrogen) atoms. The zero-order valence-electron chi connectivity index (χ0n) is 13.7. The Bertz CT molecular complexity index is 864. The number of aromatic nitrogens is 2. The van der Waals surface area contributed by atoms with Gasteiger partial charge in [0.2, 0.25) is 0 Å². The van der Waals surface area contributed by atoms with Crippen LogP contribution < -0.4 is 5.32 Å². The molecule has 6 heteroatoms. The molecule has 0 aliphatic heterocycles. The third kappa shape index (κ3) is 3.51. The molecular weight excluding hydrogens is 326 g/mol. The molecule has 5 nitrogen and oxygen atoms in total. The van der Waals surface area contributed by atoms with Crippen LogP contribution in [-0.2, 0) is 4.74 Å². The van der Waals surface area contributed by atoms with Gasteiger partial charge in [-0.25, -0.2) is 9.78 Å². The van der Waals surface area contributed by atoms with Crippen molar-refractivity contribution in [2.24, 2.45) is 0 Å². The maximum absolute atomic E-state index is 12.1. The fourth-order valence-electron chi connectivity index (χ4n) is 2.35. The van der Waals surface area contributed by atoms with E-state index in [1.165, 1.54) is 0 Å². The number of halogens is 1. The Morgan fingerprint density at radius 3 is 2.62 bits per heavy atom. The van der Waals surface area contributed by atoms with E-state index in [2.05, 4.69) is 15.3 Å². The van der Waals surface area contributed by atoms with Crippen molar-refractivity contribution in [2.75, 3.05) is 5.32 Å². The summed E-state index contributed by atoms with van der Waals surface area (Å²) in [5.74, 6) is 0.591. The lowest BCUT2D eigenvalue weighted by Gasteiger charge is -2.20. The van der Waals surface area contributed by atoms with Crippen molar-refractivity contribution in [3.8, 4) is 11.4 Å². The van der Waals surface area contributed by atoms with E-state index < -0.39 is 11.7 Å². The minimum absolute atomic E-state index is 0.489. The molecule has 1 aromatic heterocycles. The Labute approximate surface area is 145 Å². The highest BCUT2D eigenvalue weighted by atomic mass is 35.5. The summed E-state index contributed by atoms with van der Waals surface area (Å²) in [5, 5.41) is 3.23. The highest BCUT2D eigenvalue weighted by molar-refractivity contribution is 6.34. The van der Waals surface area contributed by atoms with Crippen molar-refractivity contribution in [3.63, 3.8) is 0 Å². The molecule has 3 rings (SSSR count). The molecule has 1 amide bonds. The number of anilines is 1. The van der Waals surface area contributed by atoms with Gasteiger partial charge in [-0.2, -0.15) is 0 Å². The molecule has 0 spiro atoms. The van der Waals surface area contributed by atoms with Crippen LogP contribution in [0.5, 0.6) is 0 Å². The summed E-state index contributed by atoms with van der Waals surface area (Å²) in [6, 6.07) is 13.0. The van der Waals surface area contributed by atoms with Gasteiger partial charge in [0, 0.05) is 0 Å². The lowest BCUT2D eigenvalue weighted by Crippen LogP contribution is -2.27. The van der Waals surface area contributed by atoms with Gasteiger partial charge in [-0.05, 0) is 45.0 Å². The number of nitrogens with one attached hydrogen (secondary N) is 2. The van der Waals surface area contributed by atoms with Crippen LogP contribution in [0.3, 0.4) is 0 Å². The van der Waals surface area contributed by atoms with Crippen molar-refractivity contribution in [2.45, 2.75) is 26.4 Å². The van der Waals surface area contributed by atoms with Crippen LogP contribution in [0.1, 0.15) is 20.8 Å². The summed E-state index contributed by atoms with van der Waals surface area (Å²) in [4.78, 5) is 19.9. The van der Waals surface area contributed by atoms with Gasteiger partial charge in [-0.15, -0.1) is 0 Å². The first-order valence-electron chi connectivity index (χ1n) is 7.57. The Hall–Kier alpha value is -2.53. The van der Waals surface area contributed by atoms with E-state index >= 15 is 0 Å². The van der Waals surface area contributed by atoms with E-state index in [-0.39, 0.29) is 0 Å². The normalized spacial score (nSPS) is 11.5. The monoisotopic (exact) mass is 343 g/mol.